The van der Waals surface area contributed by atoms with Crippen molar-refractivity contribution < 1.29 is 14.3 Å². The van der Waals surface area contributed by atoms with Gasteiger partial charge in [0.25, 0.3) is 0 Å². The molecule has 3 rings (SSSR count). The fraction of sp³-hybridized carbons (Fsp3) is 0.105. The summed E-state index contributed by atoms with van der Waals surface area (Å²) in [5.74, 6) is 1.16. The molecule has 0 spiro atoms. The first-order valence-corrected chi connectivity index (χ1v) is 7.73. The van der Waals surface area contributed by atoms with Gasteiger partial charge < -0.3 is 24.7 Å². The third kappa shape index (κ3) is 3.92. The van der Waals surface area contributed by atoms with Gasteiger partial charge in [-0.1, -0.05) is 0 Å². The van der Waals surface area contributed by atoms with Crippen molar-refractivity contribution in [3.05, 3.63) is 67.0 Å². The zero-order valence-electron chi connectivity index (χ0n) is 14.0. The summed E-state index contributed by atoms with van der Waals surface area (Å²) in [5, 5.41) is 5.57. The van der Waals surface area contributed by atoms with Gasteiger partial charge in [-0.15, -0.1) is 0 Å². The Labute approximate surface area is 146 Å². The van der Waals surface area contributed by atoms with E-state index in [1.54, 1.807) is 32.4 Å². The number of nitrogens with one attached hydrogen (secondary N) is 2. The van der Waals surface area contributed by atoms with Gasteiger partial charge in [0.2, 0.25) is 0 Å². The second kappa shape index (κ2) is 7.44. The van der Waals surface area contributed by atoms with Gasteiger partial charge in [-0.3, -0.25) is 0 Å². The number of hydrogen-bond donors (Lipinski definition) is 2. The number of nitrogens with zero attached hydrogens (tertiary/aromatic N) is 1. The van der Waals surface area contributed by atoms with E-state index in [4.69, 9.17) is 9.47 Å². The molecular weight excluding hydrogens is 318 g/mol. The number of carbonyl (C=O) groups excluding carboxylic acids is 1. The minimum Gasteiger partial charge on any atom is -0.493 e. The van der Waals surface area contributed by atoms with Crippen LogP contribution in [0.3, 0.4) is 0 Å². The van der Waals surface area contributed by atoms with E-state index in [0.29, 0.717) is 22.9 Å². The second-order valence-corrected chi connectivity index (χ2v) is 5.29. The van der Waals surface area contributed by atoms with E-state index in [0.717, 1.165) is 5.69 Å². The first-order valence-electron chi connectivity index (χ1n) is 7.73. The Bertz CT molecular complexity index is 843. The number of aromatic nitrogens is 1. The summed E-state index contributed by atoms with van der Waals surface area (Å²) in [4.78, 5) is 12.2. The van der Waals surface area contributed by atoms with E-state index in [-0.39, 0.29) is 6.03 Å². The highest BCUT2D eigenvalue weighted by molar-refractivity contribution is 6.00. The Morgan fingerprint density at radius 3 is 2.08 bits per heavy atom. The molecule has 0 atom stereocenters. The van der Waals surface area contributed by atoms with Gasteiger partial charge in [-0.25, -0.2) is 4.79 Å². The highest BCUT2D eigenvalue weighted by Crippen LogP contribution is 2.29. The Kier molecular flexibility index (Phi) is 4.89. The fourth-order valence-electron chi connectivity index (χ4n) is 2.43. The van der Waals surface area contributed by atoms with Crippen LogP contribution in [0.4, 0.5) is 16.2 Å². The van der Waals surface area contributed by atoms with Crippen LogP contribution in [0.5, 0.6) is 11.5 Å². The number of urea groups is 1. The summed E-state index contributed by atoms with van der Waals surface area (Å²) in [6.45, 7) is 0. The average Bonchev–Trinajstić information content (AvgIpc) is 3.17. The molecule has 0 bridgehead atoms. The molecule has 0 saturated heterocycles. The Balaban J connectivity index is 1.64. The van der Waals surface area contributed by atoms with Gasteiger partial charge in [0.05, 0.1) is 14.2 Å². The van der Waals surface area contributed by atoms with E-state index in [2.05, 4.69) is 10.6 Å². The Morgan fingerprint density at radius 2 is 1.44 bits per heavy atom. The zero-order valence-corrected chi connectivity index (χ0v) is 14.0. The maximum atomic E-state index is 12.2. The van der Waals surface area contributed by atoms with Gasteiger partial charge in [-0.2, -0.15) is 0 Å². The van der Waals surface area contributed by atoms with Crippen molar-refractivity contribution in [1.82, 2.24) is 4.57 Å². The van der Waals surface area contributed by atoms with Crippen LogP contribution in [-0.4, -0.2) is 24.8 Å². The SMILES string of the molecule is COc1ccc(NC(=O)Nc2ccc(-n3cccc3)cc2)cc1OC. The fourth-order valence-corrected chi connectivity index (χ4v) is 2.43. The van der Waals surface area contributed by atoms with Crippen molar-refractivity contribution in [2.75, 3.05) is 24.9 Å². The molecule has 0 aliphatic heterocycles. The van der Waals surface area contributed by atoms with E-state index in [1.807, 2.05) is 53.4 Å². The molecule has 25 heavy (non-hydrogen) atoms. The maximum Gasteiger partial charge on any atom is 0.323 e. The van der Waals surface area contributed by atoms with E-state index < -0.39 is 0 Å². The molecule has 0 aliphatic carbocycles. The lowest BCUT2D eigenvalue weighted by atomic mass is 10.2. The van der Waals surface area contributed by atoms with Crippen LogP contribution in [0.25, 0.3) is 5.69 Å². The van der Waals surface area contributed by atoms with Crippen LogP contribution >= 0.6 is 0 Å². The minimum absolute atomic E-state index is 0.332. The minimum atomic E-state index is -0.332. The molecule has 2 N–H and O–H groups in total. The Hall–Kier alpha value is -3.41. The van der Waals surface area contributed by atoms with Crippen LogP contribution < -0.4 is 20.1 Å². The van der Waals surface area contributed by atoms with Crippen LogP contribution in [0.15, 0.2) is 67.0 Å². The molecule has 3 aromatic rings. The molecule has 1 heterocycles. The number of benzene rings is 2. The summed E-state index contributed by atoms with van der Waals surface area (Å²) < 4.78 is 12.4. The van der Waals surface area contributed by atoms with E-state index in [1.165, 1.54) is 0 Å². The van der Waals surface area contributed by atoms with Crippen molar-refractivity contribution in [2.24, 2.45) is 0 Å². The largest absolute Gasteiger partial charge is 0.493 e. The van der Waals surface area contributed by atoms with E-state index in [9.17, 15) is 4.79 Å². The van der Waals surface area contributed by atoms with Crippen LogP contribution in [0.1, 0.15) is 0 Å². The number of rotatable bonds is 5. The van der Waals surface area contributed by atoms with Crippen molar-refractivity contribution >= 4 is 17.4 Å². The van der Waals surface area contributed by atoms with E-state index >= 15 is 0 Å². The molecule has 128 valence electrons. The molecule has 0 unspecified atom stereocenters. The molecule has 1 aromatic heterocycles. The van der Waals surface area contributed by atoms with Crippen LogP contribution in [-0.2, 0) is 0 Å². The highest BCUT2D eigenvalue weighted by atomic mass is 16.5. The molecular formula is C19H19N3O3. The van der Waals surface area contributed by atoms with Gasteiger partial charge in [0.15, 0.2) is 11.5 Å². The number of methoxy groups -OCH3 is 2. The summed E-state index contributed by atoms with van der Waals surface area (Å²) in [5.41, 5.74) is 2.34. The number of amides is 2. The van der Waals surface area contributed by atoms with Gasteiger partial charge in [0, 0.05) is 35.5 Å². The van der Waals surface area contributed by atoms with Gasteiger partial charge in [-0.05, 0) is 48.5 Å². The molecule has 0 fully saturated rings. The molecule has 0 saturated carbocycles. The lowest BCUT2D eigenvalue weighted by Gasteiger charge is -2.11. The summed E-state index contributed by atoms with van der Waals surface area (Å²) in [7, 11) is 3.11. The number of carbonyl (C=O) groups is 1. The smallest absolute Gasteiger partial charge is 0.323 e. The molecule has 6 nitrogen and oxygen atoms in total. The topological polar surface area (TPSA) is 64.5 Å². The third-order valence-corrected chi connectivity index (χ3v) is 3.67. The number of hydrogen-bond acceptors (Lipinski definition) is 3. The average molecular weight is 337 g/mol. The zero-order chi connectivity index (χ0) is 17.6. The summed E-state index contributed by atoms with van der Waals surface area (Å²) in [6, 6.07) is 16.3. The first kappa shape index (κ1) is 16.4. The monoisotopic (exact) mass is 337 g/mol. The summed E-state index contributed by atoms with van der Waals surface area (Å²) in [6.07, 6.45) is 3.93. The highest BCUT2D eigenvalue weighted by Gasteiger charge is 2.07. The molecule has 0 radical (unpaired) electrons. The Morgan fingerprint density at radius 1 is 0.840 bits per heavy atom. The molecule has 6 heteroatoms. The standard InChI is InChI=1S/C19H19N3O3/c1-24-17-10-7-15(13-18(17)25-2)21-19(23)20-14-5-8-16(9-6-14)22-11-3-4-12-22/h3-13H,1-2H3,(H2,20,21,23). The maximum absolute atomic E-state index is 12.2. The quantitative estimate of drug-likeness (QED) is 0.735. The number of anilines is 2. The van der Waals surface area contributed by atoms with Crippen molar-refractivity contribution in [1.29, 1.82) is 0 Å². The predicted octanol–water partition coefficient (Wildman–Crippen LogP) is 4.14. The van der Waals surface area contributed by atoms with Crippen molar-refractivity contribution in [2.45, 2.75) is 0 Å². The number of ether oxygens (including phenoxy) is 2. The second-order valence-electron chi connectivity index (χ2n) is 5.29. The van der Waals surface area contributed by atoms with Crippen LogP contribution in [0, 0.1) is 0 Å². The molecule has 0 aliphatic rings. The van der Waals surface area contributed by atoms with Gasteiger partial charge >= 0.3 is 6.03 Å². The predicted molar refractivity (Wildman–Crippen MR) is 98.0 cm³/mol. The van der Waals surface area contributed by atoms with Gasteiger partial charge in [0.1, 0.15) is 0 Å². The summed E-state index contributed by atoms with van der Waals surface area (Å²) >= 11 is 0. The third-order valence-electron chi connectivity index (χ3n) is 3.67. The lowest BCUT2D eigenvalue weighted by Crippen LogP contribution is -2.19. The van der Waals surface area contributed by atoms with Crippen molar-refractivity contribution in [3.8, 4) is 17.2 Å². The van der Waals surface area contributed by atoms with Crippen molar-refractivity contribution in [3.63, 3.8) is 0 Å². The first-order chi connectivity index (χ1) is 12.2. The van der Waals surface area contributed by atoms with Crippen LogP contribution in [0.2, 0.25) is 0 Å². The molecule has 2 amide bonds. The normalized spacial score (nSPS) is 10.2. The molecule has 2 aromatic carbocycles. The lowest BCUT2D eigenvalue weighted by molar-refractivity contribution is 0.262.